The number of nitrogens with zero attached hydrogens (tertiary/aromatic N) is 1. The first-order chi connectivity index (χ1) is 10.4. The minimum atomic E-state index is -1.02. The highest BCUT2D eigenvalue weighted by Gasteiger charge is 2.33. The standard InChI is InChI=1S/C14H16F2N2O4/c15-8-1-2-11(12(16)3-8)14(22)17-5-13(21)18-6-10(20)4-9(18)7-19/h1-3,9-10,19-20H,4-7H2,(H,17,22). The topological polar surface area (TPSA) is 89.9 Å². The van der Waals surface area contributed by atoms with Crippen LogP contribution < -0.4 is 5.32 Å². The molecule has 120 valence electrons. The van der Waals surface area contributed by atoms with E-state index in [1.165, 1.54) is 4.90 Å². The van der Waals surface area contributed by atoms with E-state index in [2.05, 4.69) is 5.32 Å². The van der Waals surface area contributed by atoms with Crippen molar-refractivity contribution in [3.05, 3.63) is 35.4 Å². The lowest BCUT2D eigenvalue weighted by atomic mass is 10.2. The Kier molecular flexibility index (Phi) is 5.04. The Bertz CT molecular complexity index is 582. The van der Waals surface area contributed by atoms with Crippen molar-refractivity contribution in [2.75, 3.05) is 19.7 Å². The van der Waals surface area contributed by atoms with E-state index in [-0.39, 0.29) is 25.1 Å². The minimum Gasteiger partial charge on any atom is -0.394 e. The fourth-order valence-electron chi connectivity index (χ4n) is 2.40. The molecule has 3 N–H and O–H groups in total. The number of nitrogens with one attached hydrogen (secondary N) is 1. The van der Waals surface area contributed by atoms with Gasteiger partial charge in [0.2, 0.25) is 5.91 Å². The highest BCUT2D eigenvalue weighted by molar-refractivity contribution is 5.96. The maximum Gasteiger partial charge on any atom is 0.254 e. The maximum absolute atomic E-state index is 13.4. The number of halogens is 2. The molecule has 1 aliphatic rings. The summed E-state index contributed by atoms with van der Waals surface area (Å²) in [5.41, 5.74) is -0.366. The van der Waals surface area contributed by atoms with Crippen molar-refractivity contribution in [1.82, 2.24) is 10.2 Å². The van der Waals surface area contributed by atoms with Crippen LogP contribution in [0.4, 0.5) is 8.78 Å². The molecule has 1 saturated heterocycles. The molecule has 1 aromatic rings. The average molecular weight is 314 g/mol. The van der Waals surface area contributed by atoms with Gasteiger partial charge in [-0.2, -0.15) is 0 Å². The second kappa shape index (κ2) is 6.80. The molecule has 2 rings (SSSR count). The largest absolute Gasteiger partial charge is 0.394 e. The van der Waals surface area contributed by atoms with Gasteiger partial charge in [-0.05, 0) is 18.6 Å². The molecular formula is C14H16F2N2O4. The van der Waals surface area contributed by atoms with Gasteiger partial charge < -0.3 is 20.4 Å². The summed E-state index contributed by atoms with van der Waals surface area (Å²) in [6, 6.07) is 2.01. The minimum absolute atomic E-state index is 0.0742. The number of aliphatic hydroxyl groups excluding tert-OH is 2. The third-order valence-corrected chi connectivity index (χ3v) is 3.50. The molecule has 0 radical (unpaired) electrons. The lowest BCUT2D eigenvalue weighted by molar-refractivity contribution is -0.131. The summed E-state index contributed by atoms with van der Waals surface area (Å²) in [4.78, 5) is 25.0. The molecule has 6 nitrogen and oxygen atoms in total. The Hall–Kier alpha value is -2.06. The van der Waals surface area contributed by atoms with Crippen LogP contribution in [0, 0.1) is 11.6 Å². The number of benzene rings is 1. The Morgan fingerprint density at radius 2 is 2.09 bits per heavy atom. The zero-order valence-electron chi connectivity index (χ0n) is 11.6. The average Bonchev–Trinajstić information content (AvgIpc) is 2.85. The van der Waals surface area contributed by atoms with Gasteiger partial charge in [-0.1, -0.05) is 0 Å². The number of rotatable bonds is 4. The van der Waals surface area contributed by atoms with Crippen LogP contribution in [-0.4, -0.2) is 58.8 Å². The molecule has 0 saturated carbocycles. The van der Waals surface area contributed by atoms with E-state index in [1.54, 1.807) is 0 Å². The molecule has 22 heavy (non-hydrogen) atoms. The first kappa shape index (κ1) is 16.3. The van der Waals surface area contributed by atoms with E-state index >= 15 is 0 Å². The van der Waals surface area contributed by atoms with Gasteiger partial charge >= 0.3 is 0 Å². The molecule has 1 heterocycles. The van der Waals surface area contributed by atoms with Crippen LogP contribution in [0.2, 0.25) is 0 Å². The molecule has 1 aromatic carbocycles. The van der Waals surface area contributed by atoms with Crippen molar-refractivity contribution in [1.29, 1.82) is 0 Å². The third-order valence-electron chi connectivity index (χ3n) is 3.50. The molecule has 2 amide bonds. The Morgan fingerprint density at radius 1 is 1.36 bits per heavy atom. The van der Waals surface area contributed by atoms with Crippen molar-refractivity contribution in [2.45, 2.75) is 18.6 Å². The fraction of sp³-hybridized carbons (Fsp3) is 0.429. The summed E-state index contributed by atoms with van der Waals surface area (Å²) in [5, 5.41) is 20.9. The molecule has 1 aliphatic heterocycles. The van der Waals surface area contributed by atoms with E-state index in [0.29, 0.717) is 6.07 Å². The van der Waals surface area contributed by atoms with Crippen LogP contribution in [0.15, 0.2) is 18.2 Å². The SMILES string of the molecule is O=C(NCC(=O)N1CC(O)CC1CO)c1ccc(F)cc1F. The van der Waals surface area contributed by atoms with Crippen LogP contribution in [0.25, 0.3) is 0 Å². The molecule has 0 aromatic heterocycles. The number of hydrogen-bond donors (Lipinski definition) is 3. The first-order valence-electron chi connectivity index (χ1n) is 6.74. The van der Waals surface area contributed by atoms with Crippen LogP contribution in [0.1, 0.15) is 16.8 Å². The molecule has 1 fully saturated rings. The number of hydrogen-bond acceptors (Lipinski definition) is 4. The third kappa shape index (κ3) is 3.58. The fourth-order valence-corrected chi connectivity index (χ4v) is 2.40. The Morgan fingerprint density at radius 3 is 2.73 bits per heavy atom. The van der Waals surface area contributed by atoms with E-state index in [9.17, 15) is 23.5 Å². The molecule has 8 heteroatoms. The van der Waals surface area contributed by atoms with Crippen LogP contribution in [0.5, 0.6) is 0 Å². The predicted octanol–water partition coefficient (Wildman–Crippen LogP) is -0.351. The Labute approximate surface area is 125 Å². The van der Waals surface area contributed by atoms with E-state index < -0.39 is 42.1 Å². The van der Waals surface area contributed by atoms with Crippen molar-refractivity contribution in [3.63, 3.8) is 0 Å². The monoisotopic (exact) mass is 314 g/mol. The van der Waals surface area contributed by atoms with Gasteiger partial charge in [0.25, 0.3) is 5.91 Å². The maximum atomic E-state index is 13.4. The number of carbonyl (C=O) groups is 2. The smallest absolute Gasteiger partial charge is 0.254 e. The molecule has 0 bridgehead atoms. The van der Waals surface area contributed by atoms with Crippen LogP contribution in [0.3, 0.4) is 0 Å². The Balaban J connectivity index is 1.94. The normalized spacial score (nSPS) is 21.0. The number of amides is 2. The van der Waals surface area contributed by atoms with Crippen molar-refractivity contribution >= 4 is 11.8 Å². The highest BCUT2D eigenvalue weighted by atomic mass is 19.1. The zero-order valence-corrected chi connectivity index (χ0v) is 11.6. The molecule has 0 aliphatic carbocycles. The molecule has 0 spiro atoms. The van der Waals surface area contributed by atoms with Crippen molar-refractivity contribution in [3.8, 4) is 0 Å². The summed E-state index contributed by atoms with van der Waals surface area (Å²) in [6.07, 6.45) is -0.450. The van der Waals surface area contributed by atoms with Gasteiger partial charge in [0.15, 0.2) is 0 Å². The number of β-amino-alcohol motifs (C(OH)–C–C–N with tert-alkyl or cyclic N) is 1. The van der Waals surface area contributed by atoms with Gasteiger partial charge in [0.05, 0.1) is 30.9 Å². The lowest BCUT2D eigenvalue weighted by Gasteiger charge is -2.22. The van der Waals surface area contributed by atoms with Gasteiger partial charge in [-0.15, -0.1) is 0 Å². The quantitative estimate of drug-likeness (QED) is 0.708. The number of likely N-dealkylation sites (tertiary alicyclic amines) is 1. The van der Waals surface area contributed by atoms with Gasteiger partial charge in [-0.25, -0.2) is 8.78 Å². The second-order valence-corrected chi connectivity index (χ2v) is 5.08. The van der Waals surface area contributed by atoms with E-state index in [1.807, 2.05) is 0 Å². The summed E-state index contributed by atoms with van der Waals surface area (Å²) in [5.74, 6) is -3.16. The van der Waals surface area contributed by atoms with Gasteiger partial charge in [0, 0.05) is 12.6 Å². The van der Waals surface area contributed by atoms with E-state index in [0.717, 1.165) is 12.1 Å². The van der Waals surface area contributed by atoms with Crippen LogP contribution >= 0.6 is 0 Å². The second-order valence-electron chi connectivity index (χ2n) is 5.08. The van der Waals surface area contributed by atoms with Gasteiger partial charge in [-0.3, -0.25) is 9.59 Å². The molecule has 2 unspecified atom stereocenters. The summed E-state index contributed by atoms with van der Waals surface area (Å²) in [6.45, 7) is -0.618. The van der Waals surface area contributed by atoms with Gasteiger partial charge in [0.1, 0.15) is 11.6 Å². The van der Waals surface area contributed by atoms with Crippen LogP contribution in [-0.2, 0) is 4.79 Å². The molecular weight excluding hydrogens is 298 g/mol. The number of aliphatic hydroxyl groups is 2. The summed E-state index contributed by atoms with van der Waals surface area (Å²) in [7, 11) is 0. The van der Waals surface area contributed by atoms with Crippen molar-refractivity contribution in [2.24, 2.45) is 0 Å². The van der Waals surface area contributed by atoms with E-state index in [4.69, 9.17) is 5.11 Å². The summed E-state index contributed by atoms with van der Waals surface area (Å²) < 4.78 is 26.2. The molecule has 2 atom stereocenters. The lowest BCUT2D eigenvalue weighted by Crippen LogP contribution is -2.44. The summed E-state index contributed by atoms with van der Waals surface area (Å²) >= 11 is 0. The number of carbonyl (C=O) groups excluding carboxylic acids is 2. The predicted molar refractivity (Wildman–Crippen MR) is 71.9 cm³/mol. The zero-order chi connectivity index (χ0) is 16.3. The highest BCUT2D eigenvalue weighted by Crippen LogP contribution is 2.17. The van der Waals surface area contributed by atoms with Crippen molar-refractivity contribution < 1.29 is 28.6 Å². The first-order valence-corrected chi connectivity index (χ1v) is 6.74.